The molecule has 1 unspecified atom stereocenters. The number of methoxy groups -OCH3 is 1. The van der Waals surface area contributed by atoms with Crippen molar-refractivity contribution in [1.29, 1.82) is 0 Å². The van der Waals surface area contributed by atoms with Crippen molar-refractivity contribution in [2.75, 3.05) is 20.3 Å². The second-order valence-corrected chi connectivity index (χ2v) is 6.08. The smallest absolute Gasteiger partial charge is 0.261 e. The summed E-state index contributed by atoms with van der Waals surface area (Å²) in [5.74, 6) is 2.05. The number of carbonyl (C=O) groups excluding carboxylic acids is 1. The summed E-state index contributed by atoms with van der Waals surface area (Å²) >= 11 is 0. The lowest BCUT2D eigenvalue weighted by Crippen LogP contribution is -2.39. The molecule has 0 aliphatic carbocycles. The number of amides is 1. The van der Waals surface area contributed by atoms with E-state index in [0.29, 0.717) is 25.3 Å². The molecule has 1 atom stereocenters. The van der Waals surface area contributed by atoms with Crippen LogP contribution in [0.15, 0.2) is 42.5 Å². The Kier molecular flexibility index (Phi) is 7.33. The van der Waals surface area contributed by atoms with Crippen molar-refractivity contribution >= 4 is 5.91 Å². The second-order valence-electron chi connectivity index (χ2n) is 6.08. The summed E-state index contributed by atoms with van der Waals surface area (Å²) in [5.41, 5.74) is 2.41. The normalized spacial score (nSPS) is 11.5. The third-order valence-electron chi connectivity index (χ3n) is 4.15. The van der Waals surface area contributed by atoms with E-state index in [1.54, 1.807) is 31.4 Å². The molecule has 0 bridgehead atoms. The van der Waals surface area contributed by atoms with Crippen LogP contribution in [-0.4, -0.2) is 32.3 Å². The van der Waals surface area contributed by atoms with Crippen molar-refractivity contribution in [2.45, 2.75) is 33.3 Å². The molecular weight excluding hydrogens is 330 g/mol. The minimum absolute atomic E-state index is 0.146. The Bertz CT molecular complexity index is 712. The fourth-order valence-electron chi connectivity index (χ4n) is 2.40. The van der Waals surface area contributed by atoms with Crippen molar-refractivity contribution in [1.82, 2.24) is 5.32 Å². The summed E-state index contributed by atoms with van der Waals surface area (Å²) in [6.45, 7) is 6.86. The number of hydrogen-bond donors (Lipinski definition) is 1. The van der Waals surface area contributed by atoms with Crippen molar-refractivity contribution in [3.63, 3.8) is 0 Å². The first kappa shape index (κ1) is 19.6. The first-order valence-electron chi connectivity index (χ1n) is 8.82. The van der Waals surface area contributed by atoms with Gasteiger partial charge in [0.1, 0.15) is 23.9 Å². The van der Waals surface area contributed by atoms with Crippen LogP contribution in [0, 0.1) is 13.8 Å². The molecule has 0 fully saturated rings. The van der Waals surface area contributed by atoms with Crippen LogP contribution in [0.4, 0.5) is 0 Å². The predicted molar refractivity (Wildman–Crippen MR) is 102 cm³/mol. The molecule has 0 saturated heterocycles. The highest BCUT2D eigenvalue weighted by Crippen LogP contribution is 2.19. The molecule has 0 spiro atoms. The number of hydrogen-bond acceptors (Lipinski definition) is 4. The molecule has 0 heterocycles. The number of carbonyl (C=O) groups is 1. The summed E-state index contributed by atoms with van der Waals surface area (Å²) in [6, 6.07) is 13.1. The Hall–Kier alpha value is -2.69. The number of rotatable bonds is 9. The molecule has 26 heavy (non-hydrogen) atoms. The molecule has 1 amide bonds. The molecule has 2 rings (SSSR count). The number of benzene rings is 2. The maximum Gasteiger partial charge on any atom is 0.261 e. The summed E-state index contributed by atoms with van der Waals surface area (Å²) in [7, 11) is 1.61. The molecular formula is C21H27NO4. The SMILES string of the molecule is CCC(Oc1ccc(OC)cc1)C(=O)NCCOc1ccc(C)c(C)c1. The van der Waals surface area contributed by atoms with Gasteiger partial charge in [0.05, 0.1) is 13.7 Å². The van der Waals surface area contributed by atoms with Gasteiger partial charge in [0.15, 0.2) is 6.10 Å². The van der Waals surface area contributed by atoms with E-state index in [9.17, 15) is 4.79 Å². The Morgan fingerprint density at radius 1 is 1.00 bits per heavy atom. The lowest BCUT2D eigenvalue weighted by Gasteiger charge is -2.17. The van der Waals surface area contributed by atoms with Crippen LogP contribution in [0.1, 0.15) is 24.5 Å². The Labute approximate surface area is 155 Å². The summed E-state index contributed by atoms with van der Waals surface area (Å²) in [4.78, 5) is 12.3. The second kappa shape index (κ2) is 9.70. The molecule has 0 aliphatic heterocycles. The van der Waals surface area contributed by atoms with Gasteiger partial charge in [0, 0.05) is 0 Å². The number of ether oxygens (including phenoxy) is 3. The highest BCUT2D eigenvalue weighted by molar-refractivity contribution is 5.81. The van der Waals surface area contributed by atoms with E-state index < -0.39 is 6.10 Å². The monoisotopic (exact) mass is 357 g/mol. The van der Waals surface area contributed by atoms with Gasteiger partial charge < -0.3 is 19.5 Å². The van der Waals surface area contributed by atoms with Crippen LogP contribution >= 0.6 is 0 Å². The molecule has 0 radical (unpaired) electrons. The van der Waals surface area contributed by atoms with E-state index in [1.807, 2.05) is 32.0 Å². The van der Waals surface area contributed by atoms with Gasteiger partial charge in [-0.15, -0.1) is 0 Å². The van der Waals surface area contributed by atoms with E-state index in [1.165, 1.54) is 11.1 Å². The van der Waals surface area contributed by atoms with Crippen molar-refractivity contribution < 1.29 is 19.0 Å². The third-order valence-corrected chi connectivity index (χ3v) is 4.15. The lowest BCUT2D eigenvalue weighted by atomic mass is 10.1. The van der Waals surface area contributed by atoms with Gasteiger partial charge in [0.2, 0.25) is 0 Å². The van der Waals surface area contributed by atoms with Gasteiger partial charge in [0.25, 0.3) is 5.91 Å². The quantitative estimate of drug-likeness (QED) is 0.696. The molecule has 2 aromatic carbocycles. The zero-order chi connectivity index (χ0) is 18.9. The van der Waals surface area contributed by atoms with Gasteiger partial charge in [-0.1, -0.05) is 13.0 Å². The van der Waals surface area contributed by atoms with E-state index >= 15 is 0 Å². The van der Waals surface area contributed by atoms with E-state index in [4.69, 9.17) is 14.2 Å². The first-order valence-corrected chi connectivity index (χ1v) is 8.82. The predicted octanol–water partition coefficient (Wildman–Crippen LogP) is 3.66. The molecule has 0 saturated carbocycles. The van der Waals surface area contributed by atoms with E-state index in [-0.39, 0.29) is 5.91 Å². The zero-order valence-electron chi connectivity index (χ0n) is 15.9. The van der Waals surface area contributed by atoms with Crippen LogP contribution in [0.25, 0.3) is 0 Å². The maximum atomic E-state index is 12.3. The number of nitrogens with one attached hydrogen (secondary N) is 1. The molecule has 0 aliphatic rings. The topological polar surface area (TPSA) is 56.8 Å². The standard InChI is InChI=1S/C21H27NO4/c1-5-20(26-18-10-8-17(24-4)9-11-18)21(23)22-12-13-25-19-7-6-15(2)16(3)14-19/h6-11,14,20H,5,12-13H2,1-4H3,(H,22,23). The highest BCUT2D eigenvalue weighted by atomic mass is 16.5. The fraction of sp³-hybridized carbons (Fsp3) is 0.381. The van der Waals surface area contributed by atoms with Crippen molar-refractivity contribution in [3.8, 4) is 17.2 Å². The average Bonchev–Trinajstić information content (AvgIpc) is 2.66. The van der Waals surface area contributed by atoms with Gasteiger partial charge in [-0.05, 0) is 67.8 Å². The summed E-state index contributed by atoms with van der Waals surface area (Å²) < 4.78 is 16.6. The summed E-state index contributed by atoms with van der Waals surface area (Å²) in [6.07, 6.45) is 0.0422. The van der Waals surface area contributed by atoms with E-state index in [2.05, 4.69) is 12.2 Å². The lowest BCUT2D eigenvalue weighted by molar-refractivity contribution is -0.128. The molecule has 140 valence electrons. The Balaban J connectivity index is 1.78. The zero-order valence-corrected chi connectivity index (χ0v) is 15.9. The van der Waals surface area contributed by atoms with Gasteiger partial charge >= 0.3 is 0 Å². The van der Waals surface area contributed by atoms with Crippen LogP contribution in [0.2, 0.25) is 0 Å². The maximum absolute atomic E-state index is 12.3. The van der Waals surface area contributed by atoms with Crippen molar-refractivity contribution in [2.24, 2.45) is 0 Å². The molecule has 0 aromatic heterocycles. The number of aryl methyl sites for hydroxylation is 2. The molecule has 5 heteroatoms. The van der Waals surface area contributed by atoms with Crippen LogP contribution in [0.5, 0.6) is 17.2 Å². The molecule has 2 aromatic rings. The third kappa shape index (κ3) is 5.69. The average molecular weight is 357 g/mol. The van der Waals surface area contributed by atoms with E-state index in [0.717, 1.165) is 11.5 Å². The fourth-order valence-corrected chi connectivity index (χ4v) is 2.40. The van der Waals surface area contributed by atoms with Gasteiger partial charge in [-0.2, -0.15) is 0 Å². The highest BCUT2D eigenvalue weighted by Gasteiger charge is 2.17. The molecule has 1 N–H and O–H groups in total. The van der Waals surface area contributed by atoms with Gasteiger partial charge in [-0.25, -0.2) is 0 Å². The largest absolute Gasteiger partial charge is 0.497 e. The summed E-state index contributed by atoms with van der Waals surface area (Å²) in [5, 5.41) is 2.86. The molecule has 5 nitrogen and oxygen atoms in total. The first-order chi connectivity index (χ1) is 12.5. The van der Waals surface area contributed by atoms with Crippen molar-refractivity contribution in [3.05, 3.63) is 53.6 Å². The van der Waals surface area contributed by atoms with Crippen LogP contribution < -0.4 is 19.5 Å². The van der Waals surface area contributed by atoms with Crippen LogP contribution in [0.3, 0.4) is 0 Å². The van der Waals surface area contributed by atoms with Crippen LogP contribution in [-0.2, 0) is 4.79 Å². The minimum atomic E-state index is -0.537. The Morgan fingerprint density at radius 3 is 2.27 bits per heavy atom. The van der Waals surface area contributed by atoms with Gasteiger partial charge in [-0.3, -0.25) is 4.79 Å². The minimum Gasteiger partial charge on any atom is -0.497 e. The Morgan fingerprint density at radius 2 is 1.65 bits per heavy atom.